The fourth-order valence-electron chi connectivity index (χ4n) is 3.92. The van der Waals surface area contributed by atoms with Crippen LogP contribution in [-0.2, 0) is 6.54 Å². The van der Waals surface area contributed by atoms with Crippen LogP contribution in [0, 0.1) is 0 Å². The van der Waals surface area contributed by atoms with Crippen LogP contribution in [0.3, 0.4) is 0 Å². The Morgan fingerprint density at radius 1 is 1.09 bits per heavy atom. The molecule has 1 aliphatic carbocycles. The fourth-order valence-corrected chi connectivity index (χ4v) is 4.09. The van der Waals surface area contributed by atoms with Crippen molar-refractivity contribution in [3.8, 4) is 11.5 Å². The standard InChI is InChI=1S/C25H25ClN2O4/c1-31-23-11-10-20(14-24(23)32-21-4-2-3-5-21)28(16-18-15-27-13-12-22(18)26)19-8-6-17(7-9-19)25(29)30/h6-15,21H,2-5,16H2,1H3,(H,29,30). The number of carbonyl (C=O) groups is 1. The summed E-state index contributed by atoms with van der Waals surface area (Å²) in [5.74, 6) is 0.415. The van der Waals surface area contributed by atoms with E-state index in [1.165, 1.54) is 12.8 Å². The molecule has 0 unspecified atom stereocenters. The molecule has 0 aliphatic heterocycles. The number of ether oxygens (including phenoxy) is 2. The summed E-state index contributed by atoms with van der Waals surface area (Å²) in [7, 11) is 1.63. The van der Waals surface area contributed by atoms with E-state index in [1.807, 2.05) is 18.2 Å². The van der Waals surface area contributed by atoms with E-state index in [1.54, 1.807) is 49.8 Å². The molecular weight excluding hydrogens is 428 g/mol. The van der Waals surface area contributed by atoms with Crippen LogP contribution in [0.2, 0.25) is 5.02 Å². The Balaban J connectivity index is 1.73. The Morgan fingerprint density at radius 2 is 1.81 bits per heavy atom. The molecule has 3 aromatic rings. The molecule has 6 nitrogen and oxygen atoms in total. The minimum absolute atomic E-state index is 0.190. The van der Waals surface area contributed by atoms with Gasteiger partial charge in [-0.3, -0.25) is 4.98 Å². The van der Waals surface area contributed by atoms with Gasteiger partial charge in [0.1, 0.15) is 0 Å². The largest absolute Gasteiger partial charge is 0.493 e. The second-order valence-corrected chi connectivity index (χ2v) is 8.17. The highest BCUT2D eigenvalue weighted by atomic mass is 35.5. The van der Waals surface area contributed by atoms with Gasteiger partial charge in [0.15, 0.2) is 11.5 Å². The monoisotopic (exact) mass is 452 g/mol. The van der Waals surface area contributed by atoms with Crippen LogP contribution < -0.4 is 14.4 Å². The van der Waals surface area contributed by atoms with Crippen LogP contribution in [0.15, 0.2) is 60.9 Å². The third-order valence-electron chi connectivity index (χ3n) is 5.65. The van der Waals surface area contributed by atoms with E-state index < -0.39 is 5.97 Å². The first-order valence-corrected chi connectivity index (χ1v) is 11.0. The predicted octanol–water partition coefficient (Wildman–Crippen LogP) is 6.10. The molecule has 1 aliphatic rings. The third-order valence-corrected chi connectivity index (χ3v) is 6.02. The van der Waals surface area contributed by atoms with Gasteiger partial charge in [0, 0.05) is 40.4 Å². The quantitative estimate of drug-likeness (QED) is 0.445. The minimum atomic E-state index is -0.963. The van der Waals surface area contributed by atoms with Gasteiger partial charge in [-0.1, -0.05) is 11.6 Å². The molecule has 0 atom stereocenters. The zero-order valence-corrected chi connectivity index (χ0v) is 18.6. The van der Waals surface area contributed by atoms with Crippen LogP contribution in [0.4, 0.5) is 11.4 Å². The summed E-state index contributed by atoms with van der Waals surface area (Å²) in [6.45, 7) is 0.453. The van der Waals surface area contributed by atoms with Crippen molar-refractivity contribution < 1.29 is 19.4 Å². The fraction of sp³-hybridized carbons (Fsp3) is 0.280. The summed E-state index contributed by atoms with van der Waals surface area (Å²) in [4.78, 5) is 17.6. The molecule has 1 N–H and O–H groups in total. The van der Waals surface area contributed by atoms with Crippen molar-refractivity contribution in [3.63, 3.8) is 0 Å². The Morgan fingerprint density at radius 3 is 2.47 bits per heavy atom. The summed E-state index contributed by atoms with van der Waals surface area (Å²) >= 11 is 6.41. The second-order valence-electron chi connectivity index (χ2n) is 7.76. The zero-order valence-electron chi connectivity index (χ0n) is 17.8. The molecular formula is C25H25ClN2O4. The third kappa shape index (κ3) is 4.97. The number of aromatic nitrogens is 1. The Bertz CT molecular complexity index is 1080. The Kier molecular flexibility index (Phi) is 6.81. The number of benzene rings is 2. The molecule has 2 aromatic carbocycles. The number of nitrogens with zero attached hydrogens (tertiary/aromatic N) is 2. The molecule has 1 saturated carbocycles. The van der Waals surface area contributed by atoms with E-state index >= 15 is 0 Å². The molecule has 0 radical (unpaired) electrons. The molecule has 1 fully saturated rings. The highest BCUT2D eigenvalue weighted by molar-refractivity contribution is 6.31. The molecule has 4 rings (SSSR count). The molecule has 1 heterocycles. The van der Waals surface area contributed by atoms with Crippen LogP contribution in [0.5, 0.6) is 11.5 Å². The van der Waals surface area contributed by atoms with Gasteiger partial charge < -0.3 is 19.5 Å². The van der Waals surface area contributed by atoms with Gasteiger partial charge >= 0.3 is 5.97 Å². The van der Waals surface area contributed by atoms with Crippen molar-refractivity contribution in [1.29, 1.82) is 0 Å². The molecule has 0 bridgehead atoms. The van der Waals surface area contributed by atoms with Gasteiger partial charge in [-0.25, -0.2) is 4.79 Å². The number of hydrogen-bond acceptors (Lipinski definition) is 5. The molecule has 0 spiro atoms. The molecule has 0 amide bonds. The molecule has 0 saturated heterocycles. The van der Waals surface area contributed by atoms with Gasteiger partial charge in [-0.15, -0.1) is 0 Å². The van der Waals surface area contributed by atoms with Crippen LogP contribution in [0.25, 0.3) is 0 Å². The number of methoxy groups -OCH3 is 1. The topological polar surface area (TPSA) is 71.9 Å². The van der Waals surface area contributed by atoms with E-state index in [0.29, 0.717) is 23.1 Å². The predicted molar refractivity (Wildman–Crippen MR) is 124 cm³/mol. The first kappa shape index (κ1) is 22.0. The lowest BCUT2D eigenvalue weighted by molar-refractivity contribution is 0.0697. The van der Waals surface area contributed by atoms with E-state index in [-0.39, 0.29) is 11.7 Å². The number of aromatic carboxylic acids is 1. The first-order chi connectivity index (χ1) is 15.5. The van der Waals surface area contributed by atoms with E-state index in [0.717, 1.165) is 29.8 Å². The lowest BCUT2D eigenvalue weighted by Crippen LogP contribution is -2.18. The average molecular weight is 453 g/mol. The summed E-state index contributed by atoms with van der Waals surface area (Å²) in [5, 5.41) is 9.88. The van der Waals surface area contributed by atoms with Crippen molar-refractivity contribution in [1.82, 2.24) is 4.98 Å². The summed E-state index contributed by atoms with van der Waals surface area (Å²) in [6, 6.07) is 14.3. The highest BCUT2D eigenvalue weighted by Gasteiger charge is 2.20. The van der Waals surface area contributed by atoms with Crippen LogP contribution in [-0.4, -0.2) is 29.3 Å². The van der Waals surface area contributed by atoms with Gasteiger partial charge in [0.2, 0.25) is 0 Å². The lowest BCUT2D eigenvalue weighted by Gasteiger charge is -2.27. The minimum Gasteiger partial charge on any atom is -0.493 e. The summed E-state index contributed by atoms with van der Waals surface area (Å²) in [5.41, 5.74) is 2.78. The lowest BCUT2D eigenvalue weighted by atomic mass is 10.1. The number of anilines is 2. The molecule has 7 heteroatoms. The smallest absolute Gasteiger partial charge is 0.335 e. The number of hydrogen-bond donors (Lipinski definition) is 1. The van der Waals surface area contributed by atoms with Crippen molar-refractivity contribution in [2.75, 3.05) is 12.0 Å². The highest BCUT2D eigenvalue weighted by Crippen LogP contribution is 2.38. The van der Waals surface area contributed by atoms with Gasteiger partial charge in [-0.05, 0) is 68.1 Å². The van der Waals surface area contributed by atoms with Crippen molar-refractivity contribution in [2.24, 2.45) is 0 Å². The molecule has 32 heavy (non-hydrogen) atoms. The maximum Gasteiger partial charge on any atom is 0.335 e. The van der Waals surface area contributed by atoms with Crippen molar-refractivity contribution in [2.45, 2.75) is 38.3 Å². The van der Waals surface area contributed by atoms with E-state index in [2.05, 4.69) is 9.88 Å². The van der Waals surface area contributed by atoms with Gasteiger partial charge in [-0.2, -0.15) is 0 Å². The maximum atomic E-state index is 11.3. The van der Waals surface area contributed by atoms with Crippen molar-refractivity contribution in [3.05, 3.63) is 77.1 Å². The summed E-state index contributed by atoms with van der Waals surface area (Å²) in [6.07, 6.45) is 8.01. The molecule has 1 aromatic heterocycles. The first-order valence-electron chi connectivity index (χ1n) is 10.6. The van der Waals surface area contributed by atoms with Crippen LogP contribution >= 0.6 is 11.6 Å². The number of halogens is 1. The maximum absolute atomic E-state index is 11.3. The van der Waals surface area contributed by atoms with Gasteiger partial charge in [0.25, 0.3) is 0 Å². The number of carboxylic acids is 1. The normalized spacial score (nSPS) is 13.7. The van der Waals surface area contributed by atoms with E-state index in [9.17, 15) is 9.90 Å². The molecule has 166 valence electrons. The Hall–Kier alpha value is -3.25. The summed E-state index contributed by atoms with van der Waals surface area (Å²) < 4.78 is 11.8. The number of pyridine rings is 1. The van der Waals surface area contributed by atoms with E-state index in [4.69, 9.17) is 21.1 Å². The number of rotatable bonds is 8. The Labute approximate surface area is 192 Å². The average Bonchev–Trinajstić information content (AvgIpc) is 3.32. The van der Waals surface area contributed by atoms with Crippen molar-refractivity contribution >= 4 is 28.9 Å². The zero-order chi connectivity index (χ0) is 22.5. The second kappa shape index (κ2) is 9.92. The number of carboxylic acid groups (broad SMARTS) is 1. The SMILES string of the molecule is COc1ccc(N(Cc2cnccc2Cl)c2ccc(C(=O)O)cc2)cc1OC1CCCC1. The van der Waals surface area contributed by atoms with Gasteiger partial charge in [0.05, 0.1) is 25.3 Å². The van der Waals surface area contributed by atoms with Crippen LogP contribution in [0.1, 0.15) is 41.6 Å².